The van der Waals surface area contributed by atoms with Gasteiger partial charge in [-0.1, -0.05) is 0 Å². The second-order valence-electron chi connectivity index (χ2n) is 7.08. The highest BCUT2D eigenvalue weighted by Gasteiger charge is 2.29. The van der Waals surface area contributed by atoms with E-state index in [4.69, 9.17) is 4.42 Å². The molecule has 0 spiro atoms. The first kappa shape index (κ1) is 19.6. The first-order chi connectivity index (χ1) is 12.8. The Labute approximate surface area is 159 Å². The summed E-state index contributed by atoms with van der Waals surface area (Å²) in [4.78, 5) is 12.6. The number of amides is 1. The molecule has 1 aliphatic rings. The van der Waals surface area contributed by atoms with Crippen molar-refractivity contribution in [1.29, 1.82) is 0 Å². The Balaban J connectivity index is 1.64. The van der Waals surface area contributed by atoms with Crippen LogP contribution in [-0.4, -0.2) is 54.3 Å². The van der Waals surface area contributed by atoms with Gasteiger partial charge in [0, 0.05) is 31.2 Å². The van der Waals surface area contributed by atoms with E-state index in [2.05, 4.69) is 10.4 Å². The van der Waals surface area contributed by atoms with E-state index in [9.17, 15) is 13.2 Å². The van der Waals surface area contributed by atoms with Gasteiger partial charge in [-0.2, -0.15) is 5.10 Å². The molecule has 27 heavy (non-hydrogen) atoms. The molecule has 2 aromatic rings. The van der Waals surface area contributed by atoms with E-state index in [-0.39, 0.29) is 17.9 Å². The third-order valence-electron chi connectivity index (χ3n) is 4.97. The van der Waals surface area contributed by atoms with E-state index in [1.807, 2.05) is 36.7 Å². The monoisotopic (exact) mass is 394 g/mol. The van der Waals surface area contributed by atoms with E-state index in [0.717, 1.165) is 17.1 Å². The summed E-state index contributed by atoms with van der Waals surface area (Å²) in [7, 11) is -3.19. The number of rotatable bonds is 6. The Hall–Kier alpha value is -2.13. The average molecular weight is 394 g/mol. The number of hydrogen-bond acceptors (Lipinski definition) is 5. The zero-order valence-corrected chi connectivity index (χ0v) is 16.7. The van der Waals surface area contributed by atoms with Crippen LogP contribution in [-0.2, 0) is 14.8 Å². The Morgan fingerprint density at radius 2 is 2.07 bits per heavy atom. The van der Waals surface area contributed by atoms with Gasteiger partial charge in [-0.05, 0) is 44.9 Å². The summed E-state index contributed by atoms with van der Waals surface area (Å²) in [5, 5.41) is 7.53. The van der Waals surface area contributed by atoms with E-state index in [1.54, 1.807) is 6.26 Å². The highest BCUT2D eigenvalue weighted by molar-refractivity contribution is 7.88. The lowest BCUT2D eigenvalue weighted by atomic mass is 9.97. The minimum absolute atomic E-state index is 0.0544. The number of carbonyl (C=O) groups excluding carboxylic acids is 1. The van der Waals surface area contributed by atoms with Crippen molar-refractivity contribution in [3.63, 3.8) is 0 Å². The molecule has 1 amide bonds. The summed E-state index contributed by atoms with van der Waals surface area (Å²) in [5.41, 5.74) is 1.90. The number of nitrogens with zero attached hydrogens (tertiary/aromatic N) is 3. The molecule has 0 saturated carbocycles. The van der Waals surface area contributed by atoms with Crippen LogP contribution in [0.5, 0.6) is 0 Å². The van der Waals surface area contributed by atoms with Crippen LogP contribution in [0.25, 0.3) is 0 Å². The lowest BCUT2D eigenvalue weighted by molar-refractivity contribution is -0.126. The zero-order chi connectivity index (χ0) is 19.6. The van der Waals surface area contributed by atoms with Crippen molar-refractivity contribution in [3.8, 4) is 0 Å². The zero-order valence-electron chi connectivity index (χ0n) is 15.9. The predicted molar refractivity (Wildman–Crippen MR) is 101 cm³/mol. The van der Waals surface area contributed by atoms with Gasteiger partial charge in [0.1, 0.15) is 11.8 Å². The van der Waals surface area contributed by atoms with Gasteiger partial charge >= 0.3 is 0 Å². The van der Waals surface area contributed by atoms with Gasteiger partial charge < -0.3 is 9.73 Å². The standard InChI is InChI=1S/C18H26N4O4S/c1-13-11-14(2)22(20-13)16(17-5-4-10-26-17)12-19-18(23)15-6-8-21(9-7-15)27(3,24)25/h4-5,10-11,15-16H,6-9,12H2,1-3H3,(H,19,23). The quantitative estimate of drug-likeness (QED) is 0.800. The highest BCUT2D eigenvalue weighted by atomic mass is 32.2. The molecule has 1 fully saturated rings. The van der Waals surface area contributed by atoms with E-state index in [0.29, 0.717) is 32.5 Å². The topological polar surface area (TPSA) is 97.4 Å². The number of carbonyl (C=O) groups is 1. The van der Waals surface area contributed by atoms with Gasteiger partial charge in [0.15, 0.2) is 0 Å². The minimum atomic E-state index is -3.19. The number of sulfonamides is 1. The highest BCUT2D eigenvalue weighted by Crippen LogP contribution is 2.22. The maximum absolute atomic E-state index is 12.6. The molecule has 3 rings (SSSR count). The largest absolute Gasteiger partial charge is 0.467 e. The van der Waals surface area contributed by atoms with Gasteiger partial charge in [0.05, 0.1) is 18.2 Å². The normalized spacial score (nSPS) is 17.7. The molecule has 9 heteroatoms. The van der Waals surface area contributed by atoms with Crippen LogP contribution in [0.1, 0.15) is 36.0 Å². The lowest BCUT2D eigenvalue weighted by Gasteiger charge is -2.29. The molecule has 148 valence electrons. The summed E-state index contributed by atoms with van der Waals surface area (Å²) in [6.45, 7) is 5.03. The van der Waals surface area contributed by atoms with Crippen LogP contribution in [0.3, 0.4) is 0 Å². The summed E-state index contributed by atoms with van der Waals surface area (Å²) in [6.07, 6.45) is 3.88. The van der Waals surface area contributed by atoms with Crippen LogP contribution in [0.15, 0.2) is 28.9 Å². The van der Waals surface area contributed by atoms with Crippen LogP contribution >= 0.6 is 0 Å². The third kappa shape index (κ3) is 4.59. The van der Waals surface area contributed by atoms with Crippen molar-refractivity contribution >= 4 is 15.9 Å². The predicted octanol–water partition coefficient (Wildman–Crippen LogP) is 1.47. The Morgan fingerprint density at radius 1 is 1.37 bits per heavy atom. The summed E-state index contributed by atoms with van der Waals surface area (Å²) >= 11 is 0. The smallest absolute Gasteiger partial charge is 0.223 e. The van der Waals surface area contributed by atoms with E-state index < -0.39 is 10.0 Å². The first-order valence-electron chi connectivity index (χ1n) is 9.04. The number of furan rings is 1. The summed E-state index contributed by atoms with van der Waals surface area (Å²) in [5.74, 6) is 0.496. The van der Waals surface area contributed by atoms with Crippen LogP contribution in [0.4, 0.5) is 0 Å². The Bertz CT molecular complexity index is 881. The average Bonchev–Trinajstić information content (AvgIpc) is 3.25. The molecule has 1 unspecified atom stereocenters. The SMILES string of the molecule is Cc1cc(C)n(C(CNC(=O)C2CCN(S(C)(=O)=O)CC2)c2ccco2)n1. The fraction of sp³-hybridized carbons (Fsp3) is 0.556. The van der Waals surface area contributed by atoms with Crippen molar-refractivity contribution in [2.45, 2.75) is 32.7 Å². The van der Waals surface area contributed by atoms with Crippen molar-refractivity contribution in [2.24, 2.45) is 5.92 Å². The second-order valence-corrected chi connectivity index (χ2v) is 9.07. The molecule has 3 heterocycles. The molecule has 0 aliphatic carbocycles. The van der Waals surface area contributed by atoms with Crippen molar-refractivity contribution in [2.75, 3.05) is 25.9 Å². The molecule has 0 aromatic carbocycles. The fourth-order valence-corrected chi connectivity index (χ4v) is 4.42. The van der Waals surface area contributed by atoms with E-state index >= 15 is 0 Å². The number of aryl methyl sites for hydroxylation is 2. The molecule has 1 atom stereocenters. The van der Waals surface area contributed by atoms with Gasteiger partial charge in [0.2, 0.25) is 15.9 Å². The lowest BCUT2D eigenvalue weighted by Crippen LogP contribution is -2.43. The van der Waals surface area contributed by atoms with E-state index in [1.165, 1.54) is 10.6 Å². The van der Waals surface area contributed by atoms with Gasteiger partial charge in [-0.3, -0.25) is 9.48 Å². The molecule has 0 radical (unpaired) electrons. The van der Waals surface area contributed by atoms with Crippen LogP contribution in [0.2, 0.25) is 0 Å². The number of nitrogens with one attached hydrogen (secondary N) is 1. The van der Waals surface area contributed by atoms with Crippen molar-refractivity contribution in [1.82, 2.24) is 19.4 Å². The maximum atomic E-state index is 12.6. The molecule has 1 aliphatic heterocycles. The summed E-state index contributed by atoms with van der Waals surface area (Å²) < 4.78 is 32.1. The summed E-state index contributed by atoms with van der Waals surface area (Å²) in [6, 6.07) is 5.45. The molecule has 1 N–H and O–H groups in total. The van der Waals surface area contributed by atoms with Gasteiger partial charge in [-0.15, -0.1) is 0 Å². The van der Waals surface area contributed by atoms with Gasteiger partial charge in [-0.25, -0.2) is 12.7 Å². The van der Waals surface area contributed by atoms with Crippen molar-refractivity contribution in [3.05, 3.63) is 41.6 Å². The Morgan fingerprint density at radius 3 is 2.59 bits per heavy atom. The number of aromatic nitrogens is 2. The second kappa shape index (κ2) is 7.85. The first-order valence-corrected chi connectivity index (χ1v) is 10.9. The maximum Gasteiger partial charge on any atom is 0.223 e. The van der Waals surface area contributed by atoms with Crippen LogP contribution < -0.4 is 5.32 Å². The van der Waals surface area contributed by atoms with Crippen LogP contribution in [0, 0.1) is 19.8 Å². The third-order valence-corrected chi connectivity index (χ3v) is 6.28. The molecule has 1 saturated heterocycles. The van der Waals surface area contributed by atoms with Crippen molar-refractivity contribution < 1.29 is 17.6 Å². The molecule has 2 aromatic heterocycles. The molecule has 8 nitrogen and oxygen atoms in total. The fourth-order valence-electron chi connectivity index (χ4n) is 3.54. The number of hydrogen-bond donors (Lipinski definition) is 1. The molecule has 0 bridgehead atoms. The minimum Gasteiger partial charge on any atom is -0.467 e. The van der Waals surface area contributed by atoms with Gasteiger partial charge in [0.25, 0.3) is 0 Å². The number of piperidine rings is 1. The molecular weight excluding hydrogens is 368 g/mol. The molecular formula is C18H26N4O4S. The Kier molecular flexibility index (Phi) is 5.71.